The zero-order chi connectivity index (χ0) is 27.6. The topological polar surface area (TPSA) is 79.4 Å². The minimum Gasteiger partial charge on any atom is -0.379 e. The Bertz CT molecular complexity index is 1570. The van der Waals surface area contributed by atoms with Crippen molar-refractivity contribution in [1.29, 1.82) is 0 Å². The number of H-pyrrole nitrogens is 1. The van der Waals surface area contributed by atoms with Gasteiger partial charge < -0.3 is 19.6 Å². The van der Waals surface area contributed by atoms with Gasteiger partial charge in [0.25, 0.3) is 11.5 Å². The number of benzene rings is 2. The number of nitrogens with one attached hydrogen (secondary N) is 2. The maximum absolute atomic E-state index is 13.7. The number of hydrogen-bond donors (Lipinski definition) is 2. The van der Waals surface area contributed by atoms with Crippen molar-refractivity contribution < 1.29 is 9.53 Å². The van der Waals surface area contributed by atoms with E-state index in [1.165, 1.54) is 31.2 Å². The van der Waals surface area contributed by atoms with Crippen LogP contribution in [0.5, 0.6) is 0 Å². The molecule has 0 atom stereocenters. The second kappa shape index (κ2) is 11.4. The van der Waals surface area contributed by atoms with Crippen LogP contribution in [0.25, 0.3) is 22.0 Å². The van der Waals surface area contributed by atoms with E-state index in [-0.39, 0.29) is 18.0 Å². The van der Waals surface area contributed by atoms with Crippen LogP contribution in [0.2, 0.25) is 0 Å². The van der Waals surface area contributed by atoms with Gasteiger partial charge in [0.05, 0.1) is 13.2 Å². The second-order valence-corrected chi connectivity index (χ2v) is 11.3. The molecule has 4 aromatic rings. The number of rotatable bonds is 7. The maximum atomic E-state index is 13.7. The molecule has 0 spiro atoms. The molecule has 7 nitrogen and oxygen atoms in total. The number of morpholine rings is 1. The fourth-order valence-electron chi connectivity index (χ4n) is 6.30. The third-order valence-electron chi connectivity index (χ3n) is 8.52. The highest BCUT2D eigenvalue weighted by Gasteiger charge is 2.22. The summed E-state index contributed by atoms with van der Waals surface area (Å²) in [6.45, 7) is 8.38. The first-order valence-corrected chi connectivity index (χ1v) is 14.5. The molecule has 2 N–H and O–H groups in total. The molecule has 2 aromatic heterocycles. The second-order valence-electron chi connectivity index (χ2n) is 11.3. The lowest BCUT2D eigenvalue weighted by Crippen LogP contribution is -2.35. The zero-order valence-electron chi connectivity index (χ0n) is 23.5. The van der Waals surface area contributed by atoms with E-state index >= 15 is 0 Å². The Kier molecular flexibility index (Phi) is 7.59. The summed E-state index contributed by atoms with van der Waals surface area (Å²) < 4.78 is 7.85. The van der Waals surface area contributed by atoms with E-state index in [1.54, 1.807) is 0 Å². The average molecular weight is 539 g/mol. The first-order valence-electron chi connectivity index (χ1n) is 14.5. The predicted molar refractivity (Wildman–Crippen MR) is 159 cm³/mol. The van der Waals surface area contributed by atoms with E-state index in [2.05, 4.69) is 62.4 Å². The number of pyridine rings is 1. The molecule has 3 heterocycles. The van der Waals surface area contributed by atoms with Crippen LogP contribution in [-0.4, -0.2) is 46.7 Å². The van der Waals surface area contributed by atoms with Crippen LogP contribution < -0.4 is 10.9 Å². The lowest BCUT2D eigenvalue weighted by atomic mass is 9.98. The molecule has 0 unspecified atom stereocenters. The van der Waals surface area contributed by atoms with Gasteiger partial charge >= 0.3 is 0 Å². The molecule has 0 bridgehead atoms. The van der Waals surface area contributed by atoms with Crippen LogP contribution >= 0.6 is 0 Å². The predicted octanol–water partition coefficient (Wildman–Crippen LogP) is 5.49. The molecule has 6 rings (SSSR count). The standard InChI is InChI=1S/C33H38N4O3/c1-22-17-23(2)35-33(39)30(22)20-34-32(38)29-18-26(19-31-28(29)11-12-37(31)27-5-3-4-6-27)25-9-7-24(8-10-25)21-36-13-15-40-16-14-36/h7-12,17-19,27H,3-6,13-16,20-21H2,1-2H3,(H,34,38)(H,35,39). The number of aromatic amines is 1. The summed E-state index contributed by atoms with van der Waals surface area (Å²) in [5.74, 6) is -0.167. The number of fused-ring (bicyclic) bond motifs is 1. The molecule has 1 aliphatic heterocycles. The third-order valence-corrected chi connectivity index (χ3v) is 8.52. The highest BCUT2D eigenvalue weighted by atomic mass is 16.5. The van der Waals surface area contributed by atoms with Crippen molar-refractivity contribution in [2.75, 3.05) is 26.3 Å². The quantitative estimate of drug-likeness (QED) is 0.326. The van der Waals surface area contributed by atoms with Gasteiger partial charge in [-0.3, -0.25) is 14.5 Å². The number of carbonyl (C=O) groups is 1. The van der Waals surface area contributed by atoms with Crippen molar-refractivity contribution in [2.45, 2.75) is 58.7 Å². The van der Waals surface area contributed by atoms with Crippen LogP contribution in [-0.2, 0) is 17.8 Å². The summed E-state index contributed by atoms with van der Waals surface area (Å²) in [4.78, 5) is 31.5. The van der Waals surface area contributed by atoms with Gasteiger partial charge in [-0.1, -0.05) is 37.1 Å². The molecule has 1 saturated carbocycles. The molecule has 7 heteroatoms. The van der Waals surface area contributed by atoms with Gasteiger partial charge in [-0.25, -0.2) is 0 Å². The van der Waals surface area contributed by atoms with Crippen molar-refractivity contribution in [2.24, 2.45) is 0 Å². The van der Waals surface area contributed by atoms with Gasteiger partial charge in [0.15, 0.2) is 0 Å². The van der Waals surface area contributed by atoms with Gasteiger partial charge in [0.1, 0.15) is 0 Å². The van der Waals surface area contributed by atoms with Gasteiger partial charge in [0.2, 0.25) is 0 Å². The summed E-state index contributed by atoms with van der Waals surface area (Å²) in [5.41, 5.74) is 7.26. The van der Waals surface area contributed by atoms with E-state index in [1.807, 2.05) is 26.0 Å². The van der Waals surface area contributed by atoms with Crippen LogP contribution in [0.3, 0.4) is 0 Å². The molecule has 2 aliphatic rings. The zero-order valence-corrected chi connectivity index (χ0v) is 23.5. The van der Waals surface area contributed by atoms with E-state index in [9.17, 15) is 9.59 Å². The first-order chi connectivity index (χ1) is 19.5. The van der Waals surface area contributed by atoms with Crippen LogP contribution in [0.4, 0.5) is 0 Å². The number of hydrogen-bond acceptors (Lipinski definition) is 4. The smallest absolute Gasteiger partial charge is 0.253 e. The average Bonchev–Trinajstić information content (AvgIpc) is 3.63. The Morgan fingerprint density at radius 1 is 1.00 bits per heavy atom. The van der Waals surface area contributed by atoms with Crippen molar-refractivity contribution in [1.82, 2.24) is 19.8 Å². The summed E-state index contributed by atoms with van der Waals surface area (Å²) in [5, 5.41) is 3.99. The van der Waals surface area contributed by atoms with Gasteiger partial charge in [0, 0.05) is 66.1 Å². The number of aromatic nitrogens is 2. The van der Waals surface area contributed by atoms with Gasteiger partial charge in [-0.2, -0.15) is 0 Å². The Morgan fingerprint density at radius 2 is 1.75 bits per heavy atom. The summed E-state index contributed by atoms with van der Waals surface area (Å²) in [6, 6.07) is 17.4. The Hall–Kier alpha value is -3.68. The molecule has 40 heavy (non-hydrogen) atoms. The first kappa shape index (κ1) is 26.5. The minimum absolute atomic E-state index is 0.152. The van der Waals surface area contributed by atoms with Crippen molar-refractivity contribution in [3.8, 4) is 11.1 Å². The lowest BCUT2D eigenvalue weighted by Gasteiger charge is -2.26. The van der Waals surface area contributed by atoms with Gasteiger partial charge in [-0.15, -0.1) is 0 Å². The highest BCUT2D eigenvalue weighted by Crippen LogP contribution is 2.36. The van der Waals surface area contributed by atoms with Crippen LogP contribution in [0, 0.1) is 13.8 Å². The van der Waals surface area contributed by atoms with Gasteiger partial charge in [-0.05, 0) is 73.2 Å². The van der Waals surface area contributed by atoms with Crippen molar-refractivity contribution >= 4 is 16.8 Å². The summed E-state index contributed by atoms with van der Waals surface area (Å²) in [6.07, 6.45) is 6.96. The molecule has 0 radical (unpaired) electrons. The number of nitrogens with zero attached hydrogens (tertiary/aromatic N) is 2. The normalized spacial score (nSPS) is 16.6. The molecule has 1 aliphatic carbocycles. The van der Waals surface area contributed by atoms with E-state index in [4.69, 9.17) is 4.74 Å². The molecular formula is C33H38N4O3. The molecule has 1 saturated heterocycles. The van der Waals surface area contributed by atoms with Crippen molar-refractivity contribution in [3.63, 3.8) is 0 Å². The Labute approximate surface area is 235 Å². The lowest BCUT2D eigenvalue weighted by molar-refractivity contribution is 0.0342. The van der Waals surface area contributed by atoms with Crippen LogP contribution in [0.15, 0.2) is 59.5 Å². The summed E-state index contributed by atoms with van der Waals surface area (Å²) in [7, 11) is 0. The largest absolute Gasteiger partial charge is 0.379 e. The SMILES string of the molecule is Cc1cc(C)c(CNC(=O)c2cc(-c3ccc(CN4CCOCC4)cc3)cc3c2ccn3C2CCCC2)c(=O)[nH]1. The number of amides is 1. The third kappa shape index (κ3) is 5.49. The number of aryl methyl sites for hydroxylation is 2. The number of carbonyl (C=O) groups excluding carboxylic acids is 1. The number of ether oxygens (including phenoxy) is 1. The fourth-order valence-corrected chi connectivity index (χ4v) is 6.30. The van der Waals surface area contributed by atoms with Crippen LogP contribution in [0.1, 0.15) is 64.5 Å². The Balaban J connectivity index is 1.32. The molecule has 2 fully saturated rings. The fraction of sp³-hybridized carbons (Fsp3) is 0.394. The molecule has 2 aromatic carbocycles. The molecule has 208 valence electrons. The van der Waals surface area contributed by atoms with E-state index in [0.717, 1.165) is 66.1 Å². The summed E-state index contributed by atoms with van der Waals surface area (Å²) >= 11 is 0. The van der Waals surface area contributed by atoms with E-state index in [0.29, 0.717) is 17.2 Å². The van der Waals surface area contributed by atoms with E-state index < -0.39 is 0 Å². The highest BCUT2D eigenvalue weighted by molar-refractivity contribution is 6.08. The Morgan fingerprint density at radius 3 is 2.48 bits per heavy atom. The molecule has 1 amide bonds. The maximum Gasteiger partial charge on any atom is 0.253 e. The molecular weight excluding hydrogens is 500 g/mol. The monoisotopic (exact) mass is 538 g/mol. The minimum atomic E-state index is -0.167. The van der Waals surface area contributed by atoms with Crippen molar-refractivity contribution in [3.05, 3.63) is 93.0 Å².